The van der Waals surface area contributed by atoms with Gasteiger partial charge in [0, 0.05) is 18.4 Å². The molecular formula is C21H27ClO5. The Balaban J connectivity index is 2.05. The first-order valence-corrected chi connectivity index (χ1v) is 9.40. The summed E-state index contributed by atoms with van der Waals surface area (Å²) in [6.45, 7) is 4.58. The molecule has 3 N–H and O–H groups in total. The number of halogens is 1. The van der Waals surface area contributed by atoms with Gasteiger partial charge < -0.3 is 24.8 Å². The highest BCUT2D eigenvalue weighted by Gasteiger charge is 2.24. The van der Waals surface area contributed by atoms with E-state index in [9.17, 15) is 10.2 Å². The number of ether oxygens (including phenoxy) is 2. The smallest absolute Gasteiger partial charge is 0.211 e. The van der Waals surface area contributed by atoms with Gasteiger partial charge in [-0.3, -0.25) is 0 Å². The minimum atomic E-state index is -2.04. The van der Waals surface area contributed by atoms with Gasteiger partial charge >= 0.3 is 0 Å². The molecule has 0 saturated heterocycles. The van der Waals surface area contributed by atoms with Crippen LogP contribution in [0.2, 0.25) is 0 Å². The van der Waals surface area contributed by atoms with E-state index >= 15 is 0 Å². The molecule has 0 saturated carbocycles. The molecule has 0 aliphatic rings. The van der Waals surface area contributed by atoms with Gasteiger partial charge in [-0.2, -0.15) is 0 Å². The van der Waals surface area contributed by atoms with Gasteiger partial charge in [-0.25, -0.2) is 0 Å². The first-order chi connectivity index (χ1) is 12.8. The molecule has 0 amide bonds. The first-order valence-electron chi connectivity index (χ1n) is 8.87. The van der Waals surface area contributed by atoms with Crippen LogP contribution in [0, 0.1) is 0 Å². The summed E-state index contributed by atoms with van der Waals surface area (Å²) >= 11 is 5.46. The van der Waals surface area contributed by atoms with Crippen LogP contribution in [0.25, 0.3) is 0 Å². The fraction of sp³-hybridized carbons (Fsp3) is 0.429. The zero-order valence-electron chi connectivity index (χ0n) is 15.7. The average Bonchev–Trinajstić information content (AvgIpc) is 2.67. The third kappa shape index (κ3) is 6.11. The molecule has 0 spiro atoms. The second kappa shape index (κ2) is 9.42. The third-order valence-corrected chi connectivity index (χ3v) is 4.84. The standard InChI is InChI=1S/C21H27ClO5/c1-20(2,16-4-8-18(9-5-16)26-13-3-12-23)17-6-10-19(11-7-17)27-15-21(24,25)14-22/h4-11,23-25H,3,12-15H2,1-2H3. The second-order valence-corrected chi connectivity index (χ2v) is 7.27. The molecule has 0 aromatic heterocycles. The van der Waals surface area contributed by atoms with Gasteiger partial charge in [-0.05, 0) is 35.4 Å². The van der Waals surface area contributed by atoms with E-state index in [2.05, 4.69) is 13.8 Å². The van der Waals surface area contributed by atoms with Crippen LogP contribution < -0.4 is 9.47 Å². The molecule has 0 fully saturated rings. The van der Waals surface area contributed by atoms with Crippen molar-refractivity contribution in [3.8, 4) is 11.5 Å². The molecule has 148 valence electrons. The number of hydrogen-bond acceptors (Lipinski definition) is 5. The van der Waals surface area contributed by atoms with Gasteiger partial charge in [0.15, 0.2) is 0 Å². The Bertz CT molecular complexity index is 696. The van der Waals surface area contributed by atoms with E-state index in [1.165, 1.54) is 0 Å². The molecule has 0 unspecified atom stereocenters. The quantitative estimate of drug-likeness (QED) is 0.328. The number of aliphatic hydroxyl groups is 3. The lowest BCUT2D eigenvalue weighted by atomic mass is 9.78. The molecule has 5 nitrogen and oxygen atoms in total. The van der Waals surface area contributed by atoms with Crippen molar-refractivity contribution in [2.45, 2.75) is 31.5 Å². The van der Waals surface area contributed by atoms with E-state index < -0.39 is 5.79 Å². The van der Waals surface area contributed by atoms with Crippen LogP contribution in [0.4, 0.5) is 0 Å². The molecule has 0 aliphatic carbocycles. The van der Waals surface area contributed by atoms with Gasteiger partial charge in [0.05, 0.1) is 12.5 Å². The van der Waals surface area contributed by atoms with E-state index in [0.717, 1.165) is 16.9 Å². The predicted octanol–water partition coefficient (Wildman–Crippen LogP) is 3.07. The van der Waals surface area contributed by atoms with E-state index in [-0.39, 0.29) is 24.5 Å². The molecule has 2 rings (SSSR count). The normalized spacial score (nSPS) is 12.1. The number of alkyl halides is 1. The third-order valence-electron chi connectivity index (χ3n) is 4.41. The lowest BCUT2D eigenvalue weighted by Crippen LogP contribution is -2.37. The minimum Gasteiger partial charge on any atom is -0.494 e. The van der Waals surface area contributed by atoms with E-state index in [1.807, 2.05) is 36.4 Å². The molecule has 6 heteroatoms. The van der Waals surface area contributed by atoms with Gasteiger partial charge in [0.2, 0.25) is 5.79 Å². The maximum atomic E-state index is 9.48. The van der Waals surface area contributed by atoms with Crippen LogP contribution in [0.3, 0.4) is 0 Å². The topological polar surface area (TPSA) is 79.2 Å². The maximum absolute atomic E-state index is 9.48. The zero-order chi connectivity index (χ0) is 19.9. The lowest BCUT2D eigenvalue weighted by molar-refractivity contribution is -0.162. The molecule has 2 aromatic carbocycles. The summed E-state index contributed by atoms with van der Waals surface area (Å²) in [5.74, 6) is -1.04. The van der Waals surface area contributed by atoms with Crippen molar-refractivity contribution >= 4 is 11.6 Å². The Morgan fingerprint density at radius 2 is 1.33 bits per heavy atom. The predicted molar refractivity (Wildman–Crippen MR) is 106 cm³/mol. The SMILES string of the molecule is CC(C)(c1ccc(OCCCO)cc1)c1ccc(OCC(O)(O)CCl)cc1. The molecule has 0 aliphatic heterocycles. The van der Waals surface area contributed by atoms with Crippen LogP contribution in [0.5, 0.6) is 11.5 Å². The summed E-state index contributed by atoms with van der Waals surface area (Å²) in [6.07, 6.45) is 0.611. The Labute approximate surface area is 165 Å². The highest BCUT2D eigenvalue weighted by molar-refractivity contribution is 6.18. The molecule has 27 heavy (non-hydrogen) atoms. The van der Waals surface area contributed by atoms with Gasteiger partial charge in [-0.1, -0.05) is 38.1 Å². The minimum absolute atomic E-state index is 0.119. The van der Waals surface area contributed by atoms with Crippen LogP contribution in [0.1, 0.15) is 31.4 Å². The molecule has 0 heterocycles. The van der Waals surface area contributed by atoms with Gasteiger partial charge in [0.25, 0.3) is 0 Å². The maximum Gasteiger partial charge on any atom is 0.211 e. The van der Waals surface area contributed by atoms with E-state index in [4.69, 9.17) is 26.2 Å². The zero-order valence-corrected chi connectivity index (χ0v) is 16.4. The van der Waals surface area contributed by atoms with Crippen molar-refractivity contribution in [2.24, 2.45) is 0 Å². The number of benzene rings is 2. The Morgan fingerprint density at radius 1 is 0.852 bits per heavy atom. The van der Waals surface area contributed by atoms with Crippen molar-refractivity contribution in [3.05, 3.63) is 59.7 Å². The molecule has 0 atom stereocenters. The summed E-state index contributed by atoms with van der Waals surface area (Å²) in [7, 11) is 0. The lowest BCUT2D eigenvalue weighted by Gasteiger charge is -2.27. The highest BCUT2D eigenvalue weighted by atomic mass is 35.5. The van der Waals surface area contributed by atoms with Crippen molar-refractivity contribution in [3.63, 3.8) is 0 Å². The summed E-state index contributed by atoms with van der Waals surface area (Å²) in [4.78, 5) is 0. The fourth-order valence-corrected chi connectivity index (χ4v) is 2.67. The molecule has 0 radical (unpaired) electrons. The molecule has 2 aromatic rings. The summed E-state index contributed by atoms with van der Waals surface area (Å²) in [6, 6.07) is 15.4. The number of hydrogen-bond donors (Lipinski definition) is 3. The summed E-state index contributed by atoms with van der Waals surface area (Å²) in [5, 5.41) is 27.8. The van der Waals surface area contributed by atoms with E-state index in [0.29, 0.717) is 18.8 Å². The second-order valence-electron chi connectivity index (χ2n) is 7.00. The Hall–Kier alpha value is -1.79. The highest BCUT2D eigenvalue weighted by Crippen LogP contribution is 2.33. The van der Waals surface area contributed by atoms with E-state index in [1.54, 1.807) is 12.1 Å². The van der Waals surface area contributed by atoms with Crippen LogP contribution in [0.15, 0.2) is 48.5 Å². The van der Waals surface area contributed by atoms with Crippen molar-refractivity contribution in [2.75, 3.05) is 25.7 Å². The van der Waals surface area contributed by atoms with Gasteiger partial charge in [-0.15, -0.1) is 11.6 Å². The van der Waals surface area contributed by atoms with Crippen molar-refractivity contribution < 1.29 is 24.8 Å². The summed E-state index contributed by atoms with van der Waals surface area (Å²) < 4.78 is 11.0. The Morgan fingerprint density at radius 3 is 1.78 bits per heavy atom. The van der Waals surface area contributed by atoms with Crippen LogP contribution in [-0.2, 0) is 5.41 Å². The van der Waals surface area contributed by atoms with Crippen molar-refractivity contribution in [1.82, 2.24) is 0 Å². The summed E-state index contributed by atoms with van der Waals surface area (Å²) in [5.41, 5.74) is 2.01. The molecule has 0 bridgehead atoms. The molecular weight excluding hydrogens is 368 g/mol. The van der Waals surface area contributed by atoms with Crippen LogP contribution >= 0.6 is 11.6 Å². The first kappa shape index (κ1) is 21.5. The monoisotopic (exact) mass is 394 g/mol. The fourth-order valence-electron chi connectivity index (χ4n) is 2.59. The van der Waals surface area contributed by atoms with Crippen molar-refractivity contribution in [1.29, 1.82) is 0 Å². The largest absolute Gasteiger partial charge is 0.494 e. The van der Waals surface area contributed by atoms with Gasteiger partial charge in [0.1, 0.15) is 18.1 Å². The number of rotatable bonds is 10. The van der Waals surface area contributed by atoms with Crippen LogP contribution in [-0.4, -0.2) is 46.8 Å². The average molecular weight is 395 g/mol. The number of aliphatic hydroxyl groups excluding tert-OH is 1. The Kier molecular flexibility index (Phi) is 7.50.